The zero-order valence-corrected chi connectivity index (χ0v) is 11.8. The first kappa shape index (κ1) is 14.1. The molecule has 0 radical (unpaired) electrons. The zero-order chi connectivity index (χ0) is 14.2. The molecule has 5 heteroatoms. The highest BCUT2D eigenvalue weighted by molar-refractivity contribution is 5.37. The maximum absolute atomic E-state index is 5.65. The second-order valence-corrected chi connectivity index (χ2v) is 4.27. The minimum atomic E-state index is 0.567. The number of nitrogens with zero attached hydrogens (tertiary/aromatic N) is 2. The number of aryl methyl sites for hydroxylation is 1. The van der Waals surface area contributed by atoms with Crippen LogP contribution in [0.3, 0.4) is 0 Å². The normalized spacial score (nSPS) is 10.1. The average Bonchev–Trinajstić information content (AvgIpc) is 2.45. The van der Waals surface area contributed by atoms with E-state index in [0.717, 1.165) is 11.6 Å². The van der Waals surface area contributed by atoms with Crippen LogP contribution in [-0.4, -0.2) is 29.7 Å². The van der Waals surface area contributed by atoms with Gasteiger partial charge in [0.1, 0.15) is 24.5 Å². The maximum atomic E-state index is 5.65. The molecule has 0 aliphatic rings. The summed E-state index contributed by atoms with van der Waals surface area (Å²) >= 11 is 0. The predicted molar refractivity (Wildman–Crippen MR) is 78.4 cm³/mol. The number of hydrogen-bond acceptors (Lipinski definition) is 5. The Morgan fingerprint density at radius 3 is 2.85 bits per heavy atom. The monoisotopic (exact) mass is 273 g/mol. The third kappa shape index (κ3) is 4.42. The first-order chi connectivity index (χ1) is 9.78. The molecule has 0 aliphatic carbocycles. The van der Waals surface area contributed by atoms with Crippen LogP contribution < -0.4 is 14.8 Å². The summed E-state index contributed by atoms with van der Waals surface area (Å²) in [6, 6.07) is 9.76. The molecular formula is C15H19N3O2. The fourth-order valence-electron chi connectivity index (χ4n) is 1.72. The van der Waals surface area contributed by atoms with Crippen molar-refractivity contribution in [3.63, 3.8) is 0 Å². The van der Waals surface area contributed by atoms with Gasteiger partial charge >= 0.3 is 0 Å². The van der Waals surface area contributed by atoms with E-state index in [-0.39, 0.29) is 0 Å². The van der Waals surface area contributed by atoms with Crippen molar-refractivity contribution >= 4 is 5.82 Å². The topological polar surface area (TPSA) is 56.3 Å². The van der Waals surface area contributed by atoms with Gasteiger partial charge in [0, 0.05) is 6.07 Å². The molecule has 0 atom stereocenters. The van der Waals surface area contributed by atoms with Crippen LogP contribution in [0.2, 0.25) is 0 Å². The molecule has 0 fully saturated rings. The minimum Gasteiger partial charge on any atom is -0.492 e. The highest BCUT2D eigenvalue weighted by Crippen LogP contribution is 2.13. The quantitative estimate of drug-likeness (QED) is 0.786. The molecule has 5 nitrogen and oxygen atoms in total. The molecule has 0 amide bonds. The molecule has 20 heavy (non-hydrogen) atoms. The summed E-state index contributed by atoms with van der Waals surface area (Å²) in [5, 5.41) is 3.17. The molecule has 0 aliphatic heterocycles. The van der Waals surface area contributed by atoms with Crippen LogP contribution in [0, 0.1) is 6.92 Å². The Bertz CT molecular complexity index is 546. The molecule has 1 heterocycles. The van der Waals surface area contributed by atoms with Gasteiger partial charge in [0.05, 0.1) is 13.2 Å². The van der Waals surface area contributed by atoms with Crippen LogP contribution in [0.5, 0.6) is 11.6 Å². The number of anilines is 1. The van der Waals surface area contributed by atoms with Gasteiger partial charge in [-0.05, 0) is 31.5 Å². The Morgan fingerprint density at radius 1 is 1.15 bits per heavy atom. The van der Waals surface area contributed by atoms with E-state index < -0.39 is 0 Å². The lowest BCUT2D eigenvalue weighted by Gasteiger charge is -2.09. The third-order valence-corrected chi connectivity index (χ3v) is 2.60. The van der Waals surface area contributed by atoms with Crippen molar-refractivity contribution in [1.29, 1.82) is 0 Å². The highest BCUT2D eigenvalue weighted by Gasteiger charge is 1.99. The van der Waals surface area contributed by atoms with Crippen LogP contribution in [0.4, 0.5) is 5.82 Å². The van der Waals surface area contributed by atoms with E-state index in [1.54, 1.807) is 6.07 Å². The van der Waals surface area contributed by atoms with Crippen molar-refractivity contribution in [1.82, 2.24) is 9.97 Å². The molecule has 0 spiro atoms. The highest BCUT2D eigenvalue weighted by atomic mass is 16.5. The minimum absolute atomic E-state index is 0.567. The van der Waals surface area contributed by atoms with Crippen molar-refractivity contribution in [3.05, 3.63) is 42.2 Å². The fraction of sp³-hybridized carbons (Fsp3) is 0.333. The Morgan fingerprint density at radius 2 is 2.05 bits per heavy atom. The zero-order valence-electron chi connectivity index (χ0n) is 11.8. The van der Waals surface area contributed by atoms with Crippen molar-refractivity contribution in [3.8, 4) is 11.6 Å². The molecule has 0 saturated carbocycles. The van der Waals surface area contributed by atoms with Gasteiger partial charge in [0.15, 0.2) is 0 Å². The second kappa shape index (κ2) is 7.33. The third-order valence-electron chi connectivity index (χ3n) is 2.60. The lowest BCUT2D eigenvalue weighted by molar-refractivity contribution is 0.325. The van der Waals surface area contributed by atoms with Crippen LogP contribution in [0.1, 0.15) is 12.5 Å². The van der Waals surface area contributed by atoms with Gasteiger partial charge < -0.3 is 14.8 Å². The first-order valence-electron chi connectivity index (χ1n) is 6.66. The van der Waals surface area contributed by atoms with Crippen LogP contribution >= 0.6 is 0 Å². The Labute approximate surface area is 119 Å². The lowest BCUT2D eigenvalue weighted by atomic mass is 10.2. The summed E-state index contributed by atoms with van der Waals surface area (Å²) in [7, 11) is 0. The number of hydrogen-bond donors (Lipinski definition) is 1. The van der Waals surface area contributed by atoms with Crippen LogP contribution in [0.25, 0.3) is 0 Å². The summed E-state index contributed by atoms with van der Waals surface area (Å²) in [6.45, 7) is 5.78. The van der Waals surface area contributed by atoms with Crippen molar-refractivity contribution < 1.29 is 9.47 Å². The number of benzene rings is 1. The summed E-state index contributed by atoms with van der Waals surface area (Å²) in [5.41, 5.74) is 1.19. The number of rotatable bonds is 7. The molecule has 1 aromatic heterocycles. The van der Waals surface area contributed by atoms with Gasteiger partial charge in [-0.2, -0.15) is 0 Å². The van der Waals surface area contributed by atoms with Crippen LogP contribution in [-0.2, 0) is 0 Å². The van der Waals surface area contributed by atoms with E-state index in [1.807, 2.05) is 38.1 Å². The molecule has 1 N–H and O–H groups in total. The number of aromatic nitrogens is 2. The summed E-state index contributed by atoms with van der Waals surface area (Å²) < 4.78 is 11.0. The summed E-state index contributed by atoms with van der Waals surface area (Å²) in [4.78, 5) is 8.13. The van der Waals surface area contributed by atoms with Crippen LogP contribution in [0.15, 0.2) is 36.7 Å². The molecular weight excluding hydrogens is 254 g/mol. The largest absolute Gasteiger partial charge is 0.492 e. The van der Waals surface area contributed by atoms with Gasteiger partial charge in [-0.15, -0.1) is 0 Å². The fourth-order valence-corrected chi connectivity index (χ4v) is 1.72. The lowest BCUT2D eigenvalue weighted by Crippen LogP contribution is -2.12. The molecule has 0 saturated heterocycles. The predicted octanol–water partition coefficient (Wildman–Crippen LogP) is 2.67. The van der Waals surface area contributed by atoms with Gasteiger partial charge in [0.25, 0.3) is 0 Å². The van der Waals surface area contributed by atoms with Gasteiger partial charge in [-0.3, -0.25) is 0 Å². The van der Waals surface area contributed by atoms with Gasteiger partial charge in [0.2, 0.25) is 5.88 Å². The van der Waals surface area contributed by atoms with E-state index in [2.05, 4.69) is 15.3 Å². The molecule has 1 aromatic carbocycles. The summed E-state index contributed by atoms with van der Waals surface area (Å²) in [5.74, 6) is 2.19. The molecule has 106 valence electrons. The van der Waals surface area contributed by atoms with E-state index in [9.17, 15) is 0 Å². The van der Waals surface area contributed by atoms with Crippen molar-refractivity contribution in [2.75, 3.05) is 25.1 Å². The standard InChI is InChI=1S/C15H19N3O2/c1-3-19-15-10-14(17-11-18-15)16-7-8-20-13-6-4-5-12(2)9-13/h4-6,9-11H,3,7-8H2,1-2H3,(H,16,17,18). The second-order valence-electron chi connectivity index (χ2n) is 4.27. The number of ether oxygens (including phenoxy) is 2. The van der Waals surface area contributed by atoms with Crippen molar-refractivity contribution in [2.24, 2.45) is 0 Å². The van der Waals surface area contributed by atoms with E-state index in [0.29, 0.717) is 25.6 Å². The summed E-state index contributed by atoms with van der Waals surface area (Å²) in [6.07, 6.45) is 1.48. The van der Waals surface area contributed by atoms with Crippen molar-refractivity contribution in [2.45, 2.75) is 13.8 Å². The SMILES string of the molecule is CCOc1cc(NCCOc2cccc(C)c2)ncn1. The van der Waals surface area contributed by atoms with Gasteiger partial charge in [-0.25, -0.2) is 9.97 Å². The maximum Gasteiger partial charge on any atom is 0.218 e. The average molecular weight is 273 g/mol. The first-order valence-corrected chi connectivity index (χ1v) is 6.66. The molecule has 0 unspecified atom stereocenters. The Kier molecular flexibility index (Phi) is 5.17. The van der Waals surface area contributed by atoms with Gasteiger partial charge in [-0.1, -0.05) is 12.1 Å². The Hall–Kier alpha value is -2.30. The molecule has 0 bridgehead atoms. The Balaban J connectivity index is 1.77. The van der Waals surface area contributed by atoms with E-state index in [1.165, 1.54) is 11.9 Å². The van der Waals surface area contributed by atoms with E-state index >= 15 is 0 Å². The van der Waals surface area contributed by atoms with E-state index in [4.69, 9.17) is 9.47 Å². The molecule has 2 aromatic rings. The molecule has 2 rings (SSSR count). The number of nitrogens with one attached hydrogen (secondary N) is 1. The smallest absolute Gasteiger partial charge is 0.218 e.